The van der Waals surface area contributed by atoms with Gasteiger partial charge >= 0.3 is 12.1 Å². The lowest BCUT2D eigenvalue weighted by molar-refractivity contribution is -0.140. The molecule has 1 rings (SSSR count). The molecule has 1 aromatic rings. The van der Waals surface area contributed by atoms with E-state index in [0.717, 1.165) is 5.56 Å². The van der Waals surface area contributed by atoms with Gasteiger partial charge in [-0.2, -0.15) is 0 Å². The Bertz CT molecular complexity index is 539. The highest BCUT2D eigenvalue weighted by Gasteiger charge is 2.26. The van der Waals surface area contributed by atoms with Crippen LogP contribution in [0.25, 0.3) is 0 Å². The number of aliphatic carboxylic acids is 1. The summed E-state index contributed by atoms with van der Waals surface area (Å²) in [4.78, 5) is 34.1. The lowest BCUT2D eigenvalue weighted by Crippen LogP contribution is -2.55. The van der Waals surface area contributed by atoms with E-state index in [0.29, 0.717) is 12.7 Å². The molecule has 126 valence electrons. The largest absolute Gasteiger partial charge is 0.479 e. The number of carboxylic acids is 1. The third-order valence-electron chi connectivity index (χ3n) is 2.75. The number of carbonyl (C=O) groups excluding carboxylic acids is 2. The summed E-state index contributed by atoms with van der Waals surface area (Å²) in [6, 6.07) is 8.39. The highest BCUT2D eigenvalue weighted by atomic mass is 16.6. The molecule has 0 aromatic heterocycles. The molecule has 0 saturated carbocycles. The van der Waals surface area contributed by atoms with E-state index in [1.807, 2.05) is 30.3 Å². The summed E-state index contributed by atoms with van der Waals surface area (Å²) in [6.07, 6.45) is -1.38. The van der Waals surface area contributed by atoms with Crippen molar-refractivity contribution in [1.82, 2.24) is 10.6 Å². The van der Waals surface area contributed by atoms with E-state index < -0.39 is 29.9 Å². The van der Waals surface area contributed by atoms with Crippen molar-refractivity contribution in [1.29, 1.82) is 0 Å². The van der Waals surface area contributed by atoms with Crippen molar-refractivity contribution in [2.45, 2.75) is 45.0 Å². The van der Waals surface area contributed by atoms with Gasteiger partial charge in [0, 0.05) is 0 Å². The first-order valence-corrected chi connectivity index (χ1v) is 7.19. The van der Waals surface area contributed by atoms with E-state index in [9.17, 15) is 19.5 Å². The van der Waals surface area contributed by atoms with Crippen LogP contribution in [0.5, 0.6) is 0 Å². The van der Waals surface area contributed by atoms with Gasteiger partial charge in [0.05, 0.1) is 6.04 Å². The number of benzene rings is 1. The molecule has 23 heavy (non-hydrogen) atoms. The minimum atomic E-state index is -1.43. The number of aldehydes is 1. The Hall–Kier alpha value is -2.41. The normalized spacial score (nSPS) is 13.7. The van der Waals surface area contributed by atoms with Crippen LogP contribution in [0, 0.1) is 0 Å². The number of amides is 1. The molecule has 0 heterocycles. The van der Waals surface area contributed by atoms with Gasteiger partial charge in [-0.05, 0) is 32.8 Å². The van der Waals surface area contributed by atoms with Crippen LogP contribution in [-0.4, -0.2) is 41.3 Å². The number of rotatable bonds is 7. The summed E-state index contributed by atoms with van der Waals surface area (Å²) in [6.45, 7) is 5.00. The maximum atomic E-state index is 11.7. The summed E-state index contributed by atoms with van der Waals surface area (Å²) >= 11 is 0. The Morgan fingerprint density at radius 3 is 2.35 bits per heavy atom. The molecule has 0 fully saturated rings. The standard InChI is InChI=1S/C16H22N2O5/c1-16(2,3)23-15(22)18-13(14(20)21)17-12(10-19)9-11-7-5-4-6-8-11/h4-8,10,12-13,17H,9H2,1-3H3,(H,18,22)(H,20,21)/t12-,13+/m0/s1. The molecule has 0 aliphatic carbocycles. The zero-order valence-corrected chi connectivity index (χ0v) is 13.4. The maximum absolute atomic E-state index is 11.7. The molecular weight excluding hydrogens is 300 g/mol. The molecule has 0 unspecified atom stereocenters. The number of hydrogen-bond acceptors (Lipinski definition) is 5. The maximum Gasteiger partial charge on any atom is 0.409 e. The Morgan fingerprint density at radius 1 is 1.26 bits per heavy atom. The van der Waals surface area contributed by atoms with Crippen LogP contribution < -0.4 is 10.6 Å². The summed E-state index contributed by atoms with van der Waals surface area (Å²) in [5.74, 6) is -1.31. The molecule has 0 bridgehead atoms. The molecule has 0 radical (unpaired) electrons. The Labute approximate surface area is 135 Å². The van der Waals surface area contributed by atoms with Gasteiger partial charge in [-0.15, -0.1) is 0 Å². The van der Waals surface area contributed by atoms with Gasteiger partial charge in [0.25, 0.3) is 0 Å². The van der Waals surface area contributed by atoms with Crippen molar-refractivity contribution in [2.24, 2.45) is 0 Å². The smallest absolute Gasteiger partial charge is 0.409 e. The van der Waals surface area contributed by atoms with Crippen LogP contribution in [0.4, 0.5) is 4.79 Å². The number of ether oxygens (including phenoxy) is 1. The van der Waals surface area contributed by atoms with Crippen molar-refractivity contribution in [3.63, 3.8) is 0 Å². The van der Waals surface area contributed by atoms with Crippen molar-refractivity contribution in [3.05, 3.63) is 35.9 Å². The van der Waals surface area contributed by atoms with Gasteiger partial charge < -0.3 is 14.6 Å². The average molecular weight is 322 g/mol. The quantitative estimate of drug-likeness (QED) is 0.516. The lowest BCUT2D eigenvalue weighted by atomic mass is 10.1. The fourth-order valence-corrected chi connectivity index (χ4v) is 1.83. The molecule has 1 aromatic carbocycles. The molecule has 0 spiro atoms. The highest BCUT2D eigenvalue weighted by Crippen LogP contribution is 2.07. The molecule has 3 N–H and O–H groups in total. The van der Waals surface area contributed by atoms with Crippen molar-refractivity contribution in [2.75, 3.05) is 0 Å². The first-order chi connectivity index (χ1) is 10.7. The van der Waals surface area contributed by atoms with E-state index in [4.69, 9.17) is 4.74 Å². The minimum Gasteiger partial charge on any atom is -0.479 e. The molecular formula is C16H22N2O5. The number of carboxylic acid groups (broad SMARTS) is 1. The van der Waals surface area contributed by atoms with Crippen LogP contribution in [0.1, 0.15) is 26.3 Å². The Balaban J connectivity index is 2.68. The van der Waals surface area contributed by atoms with E-state index >= 15 is 0 Å². The third kappa shape index (κ3) is 7.42. The van der Waals surface area contributed by atoms with Gasteiger partial charge in [0.15, 0.2) is 6.17 Å². The predicted octanol–water partition coefficient (Wildman–Crippen LogP) is 1.32. The number of nitrogens with one attached hydrogen (secondary N) is 2. The van der Waals surface area contributed by atoms with Crippen molar-refractivity contribution < 1.29 is 24.2 Å². The summed E-state index contributed by atoms with van der Waals surface area (Å²) in [7, 11) is 0. The van der Waals surface area contributed by atoms with Gasteiger partial charge in [-0.1, -0.05) is 30.3 Å². The fourth-order valence-electron chi connectivity index (χ4n) is 1.83. The van der Waals surface area contributed by atoms with Crippen molar-refractivity contribution in [3.8, 4) is 0 Å². The lowest BCUT2D eigenvalue weighted by Gasteiger charge is -2.24. The monoisotopic (exact) mass is 322 g/mol. The summed E-state index contributed by atoms with van der Waals surface area (Å²) in [5, 5.41) is 14.0. The molecule has 0 saturated heterocycles. The number of alkyl carbamates (subject to hydrolysis) is 1. The van der Waals surface area contributed by atoms with Crippen LogP contribution in [0.15, 0.2) is 30.3 Å². The van der Waals surface area contributed by atoms with E-state index in [-0.39, 0.29) is 0 Å². The van der Waals surface area contributed by atoms with Crippen LogP contribution in [0.3, 0.4) is 0 Å². The van der Waals surface area contributed by atoms with Crippen LogP contribution >= 0.6 is 0 Å². The van der Waals surface area contributed by atoms with Gasteiger partial charge in [0.1, 0.15) is 11.9 Å². The second-order valence-electron chi connectivity index (χ2n) is 6.02. The zero-order valence-electron chi connectivity index (χ0n) is 13.4. The Morgan fingerprint density at radius 2 is 1.87 bits per heavy atom. The van der Waals surface area contributed by atoms with Crippen LogP contribution in [0.2, 0.25) is 0 Å². The van der Waals surface area contributed by atoms with E-state index in [1.54, 1.807) is 20.8 Å². The average Bonchev–Trinajstić information content (AvgIpc) is 2.44. The molecule has 1 amide bonds. The predicted molar refractivity (Wildman–Crippen MR) is 83.9 cm³/mol. The van der Waals surface area contributed by atoms with Crippen LogP contribution in [-0.2, 0) is 20.7 Å². The molecule has 0 aliphatic heterocycles. The topological polar surface area (TPSA) is 105 Å². The molecule has 7 nitrogen and oxygen atoms in total. The minimum absolute atomic E-state index is 0.310. The first kappa shape index (κ1) is 18.6. The van der Waals surface area contributed by atoms with Gasteiger partial charge in [-0.25, -0.2) is 9.59 Å². The number of carbonyl (C=O) groups is 3. The molecule has 0 aliphatic rings. The molecule has 7 heteroatoms. The van der Waals surface area contributed by atoms with Gasteiger partial charge in [-0.3, -0.25) is 10.6 Å². The van der Waals surface area contributed by atoms with E-state index in [2.05, 4.69) is 10.6 Å². The highest BCUT2D eigenvalue weighted by molar-refractivity contribution is 5.80. The third-order valence-corrected chi connectivity index (χ3v) is 2.75. The summed E-state index contributed by atoms with van der Waals surface area (Å²) < 4.78 is 5.01. The van der Waals surface area contributed by atoms with E-state index in [1.165, 1.54) is 0 Å². The fraction of sp³-hybridized carbons (Fsp3) is 0.438. The van der Waals surface area contributed by atoms with Crippen molar-refractivity contribution >= 4 is 18.3 Å². The van der Waals surface area contributed by atoms with Gasteiger partial charge in [0.2, 0.25) is 0 Å². The second kappa shape index (κ2) is 8.28. The Kier molecular flexibility index (Phi) is 6.71. The first-order valence-electron chi connectivity index (χ1n) is 7.19. The number of hydrogen-bond donors (Lipinski definition) is 3. The zero-order chi connectivity index (χ0) is 17.5. The SMILES string of the molecule is CC(C)(C)OC(=O)N[C@@H](N[C@H](C=O)Cc1ccccc1)C(=O)O. The summed E-state index contributed by atoms with van der Waals surface area (Å²) in [5.41, 5.74) is 0.125. The second-order valence-corrected chi connectivity index (χ2v) is 6.02. The molecule has 2 atom stereocenters.